The lowest BCUT2D eigenvalue weighted by Crippen LogP contribution is -1.97. The van der Waals surface area contributed by atoms with Crippen molar-refractivity contribution in [3.63, 3.8) is 0 Å². The second-order valence-electron chi connectivity index (χ2n) is 5.72. The van der Waals surface area contributed by atoms with Crippen LogP contribution >= 0.6 is 0 Å². The number of ether oxygens (including phenoxy) is 1. The van der Waals surface area contributed by atoms with Crippen LogP contribution < -0.4 is 10.1 Å². The Kier molecular flexibility index (Phi) is 3.96. The zero-order valence-corrected chi connectivity index (χ0v) is 14.0. The Morgan fingerprint density at radius 3 is 2.58 bits per heavy atom. The van der Waals surface area contributed by atoms with E-state index in [-0.39, 0.29) is 0 Å². The Bertz CT molecular complexity index is 1100. The Labute approximate surface area is 150 Å². The Hall–Kier alpha value is -3.85. The molecule has 0 unspecified atom stereocenters. The number of aromatic amines is 1. The molecule has 0 aliphatic carbocycles. The summed E-state index contributed by atoms with van der Waals surface area (Å²) in [6.45, 7) is 0. The average molecular weight is 341 g/mol. The number of anilines is 2. The molecule has 0 spiro atoms. The topological polar surface area (TPSA) is 86.6 Å². The van der Waals surface area contributed by atoms with Gasteiger partial charge in [-0.2, -0.15) is 10.4 Å². The van der Waals surface area contributed by atoms with Crippen molar-refractivity contribution in [2.75, 3.05) is 12.4 Å². The van der Waals surface area contributed by atoms with Crippen LogP contribution in [0.5, 0.6) is 5.75 Å². The maximum absolute atomic E-state index is 9.02. The third-order valence-corrected chi connectivity index (χ3v) is 4.08. The van der Waals surface area contributed by atoms with Gasteiger partial charge in [0.2, 0.25) is 0 Å². The fraction of sp³-hybridized carbons (Fsp3) is 0.0500. The number of fused-ring (bicyclic) bond motifs is 1. The predicted octanol–water partition coefficient (Wildman–Crippen LogP) is 4.25. The van der Waals surface area contributed by atoms with Crippen LogP contribution in [-0.2, 0) is 0 Å². The van der Waals surface area contributed by atoms with Crippen molar-refractivity contribution in [1.29, 1.82) is 5.26 Å². The largest absolute Gasteiger partial charge is 0.497 e. The summed E-state index contributed by atoms with van der Waals surface area (Å²) >= 11 is 0. The summed E-state index contributed by atoms with van der Waals surface area (Å²) in [5.74, 6) is 2.14. The predicted molar refractivity (Wildman–Crippen MR) is 100 cm³/mol. The number of hydrogen-bond acceptors (Lipinski definition) is 5. The number of benzene rings is 2. The Balaban J connectivity index is 1.89. The van der Waals surface area contributed by atoms with Crippen molar-refractivity contribution in [3.05, 3.63) is 66.4 Å². The van der Waals surface area contributed by atoms with Gasteiger partial charge in [0, 0.05) is 23.2 Å². The summed E-state index contributed by atoms with van der Waals surface area (Å²) in [5.41, 5.74) is 2.38. The highest BCUT2D eigenvalue weighted by atomic mass is 16.5. The van der Waals surface area contributed by atoms with Gasteiger partial charge in [0.15, 0.2) is 5.82 Å². The van der Waals surface area contributed by atoms with Crippen molar-refractivity contribution in [3.8, 4) is 23.1 Å². The normalized spacial score (nSPS) is 10.5. The molecule has 0 bridgehead atoms. The molecule has 2 aromatic heterocycles. The van der Waals surface area contributed by atoms with E-state index in [1.807, 2.05) is 42.5 Å². The maximum Gasteiger partial charge on any atom is 0.153 e. The highest BCUT2D eigenvalue weighted by Crippen LogP contribution is 2.32. The summed E-state index contributed by atoms with van der Waals surface area (Å²) in [5, 5.41) is 21.1. The molecule has 0 saturated heterocycles. The van der Waals surface area contributed by atoms with Gasteiger partial charge in [-0.25, -0.2) is 4.98 Å². The fourth-order valence-corrected chi connectivity index (χ4v) is 2.81. The molecule has 6 heteroatoms. The van der Waals surface area contributed by atoms with Crippen molar-refractivity contribution < 1.29 is 4.74 Å². The van der Waals surface area contributed by atoms with E-state index in [4.69, 9.17) is 15.0 Å². The summed E-state index contributed by atoms with van der Waals surface area (Å²) in [4.78, 5) is 4.77. The van der Waals surface area contributed by atoms with Crippen molar-refractivity contribution in [2.24, 2.45) is 0 Å². The Morgan fingerprint density at radius 2 is 1.88 bits per heavy atom. The minimum Gasteiger partial charge on any atom is -0.497 e. The second-order valence-corrected chi connectivity index (χ2v) is 5.72. The summed E-state index contributed by atoms with van der Waals surface area (Å²) in [6, 6.07) is 19.2. The van der Waals surface area contributed by atoms with Crippen LogP contribution in [-0.4, -0.2) is 22.3 Å². The van der Waals surface area contributed by atoms with Gasteiger partial charge in [0.25, 0.3) is 0 Å². The first-order valence-electron chi connectivity index (χ1n) is 8.03. The zero-order valence-electron chi connectivity index (χ0n) is 14.0. The number of nitriles is 1. The Morgan fingerprint density at radius 1 is 1.04 bits per heavy atom. The van der Waals surface area contributed by atoms with E-state index in [0.717, 1.165) is 27.8 Å². The van der Waals surface area contributed by atoms with Crippen LogP contribution in [0.25, 0.3) is 22.0 Å². The lowest BCUT2D eigenvalue weighted by Gasteiger charge is -2.11. The van der Waals surface area contributed by atoms with Crippen LogP contribution in [0, 0.1) is 11.3 Å². The summed E-state index contributed by atoms with van der Waals surface area (Å²) in [7, 11) is 1.65. The van der Waals surface area contributed by atoms with Crippen molar-refractivity contribution >= 4 is 22.4 Å². The van der Waals surface area contributed by atoms with Gasteiger partial charge in [-0.05, 0) is 41.8 Å². The van der Waals surface area contributed by atoms with Gasteiger partial charge in [-0.1, -0.05) is 12.1 Å². The molecule has 26 heavy (non-hydrogen) atoms. The van der Waals surface area contributed by atoms with Gasteiger partial charge >= 0.3 is 0 Å². The quantitative estimate of drug-likeness (QED) is 0.579. The molecule has 4 rings (SSSR count). The SMILES string of the molecule is COc1ccc2c(-c3ccc(C#N)cc3)nc(Nc3cc[nH]n3)cc2c1. The molecule has 0 radical (unpaired) electrons. The van der Waals surface area contributed by atoms with Crippen LogP contribution in [0.1, 0.15) is 5.56 Å². The van der Waals surface area contributed by atoms with Crippen LogP contribution in [0.2, 0.25) is 0 Å². The van der Waals surface area contributed by atoms with E-state index in [9.17, 15) is 0 Å². The van der Waals surface area contributed by atoms with E-state index < -0.39 is 0 Å². The smallest absolute Gasteiger partial charge is 0.153 e. The maximum atomic E-state index is 9.02. The molecule has 6 nitrogen and oxygen atoms in total. The van der Waals surface area contributed by atoms with Crippen molar-refractivity contribution in [1.82, 2.24) is 15.2 Å². The second kappa shape index (κ2) is 6.57. The minimum atomic E-state index is 0.616. The van der Waals surface area contributed by atoms with Gasteiger partial charge in [-0.3, -0.25) is 5.10 Å². The molecular weight excluding hydrogens is 326 g/mol. The average Bonchev–Trinajstić information content (AvgIpc) is 3.20. The molecule has 0 fully saturated rings. The fourth-order valence-electron chi connectivity index (χ4n) is 2.81. The minimum absolute atomic E-state index is 0.616. The van der Waals surface area contributed by atoms with Crippen LogP contribution in [0.3, 0.4) is 0 Å². The van der Waals surface area contributed by atoms with E-state index in [1.165, 1.54) is 0 Å². The number of nitrogens with one attached hydrogen (secondary N) is 2. The number of rotatable bonds is 4. The molecule has 0 aliphatic rings. The number of pyridine rings is 1. The highest BCUT2D eigenvalue weighted by Gasteiger charge is 2.10. The first-order chi connectivity index (χ1) is 12.8. The molecule has 0 saturated carbocycles. The van der Waals surface area contributed by atoms with E-state index >= 15 is 0 Å². The van der Waals surface area contributed by atoms with E-state index in [0.29, 0.717) is 17.2 Å². The molecule has 4 aromatic rings. The molecule has 2 heterocycles. The van der Waals surface area contributed by atoms with Crippen molar-refractivity contribution in [2.45, 2.75) is 0 Å². The lowest BCUT2D eigenvalue weighted by atomic mass is 10.0. The third kappa shape index (κ3) is 2.94. The molecular formula is C20H15N5O. The molecule has 0 amide bonds. The molecule has 2 aromatic carbocycles. The van der Waals surface area contributed by atoms with Gasteiger partial charge in [-0.15, -0.1) is 0 Å². The number of nitrogens with zero attached hydrogens (tertiary/aromatic N) is 3. The number of methoxy groups -OCH3 is 1. The zero-order chi connectivity index (χ0) is 17.9. The highest BCUT2D eigenvalue weighted by molar-refractivity contribution is 5.97. The van der Waals surface area contributed by atoms with E-state index in [2.05, 4.69) is 21.6 Å². The van der Waals surface area contributed by atoms with Gasteiger partial charge in [0.1, 0.15) is 11.6 Å². The van der Waals surface area contributed by atoms with Gasteiger partial charge < -0.3 is 10.1 Å². The number of hydrogen-bond donors (Lipinski definition) is 2. The van der Waals surface area contributed by atoms with E-state index in [1.54, 1.807) is 25.4 Å². The first-order valence-corrected chi connectivity index (χ1v) is 8.03. The van der Waals surface area contributed by atoms with Crippen LogP contribution in [0.4, 0.5) is 11.6 Å². The summed E-state index contributed by atoms with van der Waals surface area (Å²) < 4.78 is 5.35. The van der Waals surface area contributed by atoms with Gasteiger partial charge in [0.05, 0.1) is 24.4 Å². The molecule has 0 aliphatic heterocycles. The lowest BCUT2D eigenvalue weighted by molar-refractivity contribution is 0.415. The molecule has 2 N–H and O–H groups in total. The number of H-pyrrole nitrogens is 1. The molecule has 126 valence electrons. The monoisotopic (exact) mass is 341 g/mol. The standard InChI is InChI=1S/C20H15N5O/c1-26-16-6-7-17-15(10-16)11-19(23-18-8-9-22-25-18)24-20(17)14-4-2-13(12-21)3-5-14/h2-11H,1H3,(H2,22,23,24,25). The first kappa shape index (κ1) is 15.7. The number of aromatic nitrogens is 3. The summed E-state index contributed by atoms with van der Waals surface area (Å²) in [6.07, 6.45) is 1.74. The van der Waals surface area contributed by atoms with Crippen LogP contribution in [0.15, 0.2) is 60.8 Å². The molecule has 0 atom stereocenters. The third-order valence-electron chi connectivity index (χ3n) is 4.08.